The number of piperazine rings is 1. The molecule has 1 aliphatic heterocycles. The zero-order valence-corrected chi connectivity index (χ0v) is 15.5. The molecule has 1 aromatic carbocycles. The molecule has 10 heteroatoms. The highest BCUT2D eigenvalue weighted by Crippen LogP contribution is 2.19. The Balaban J connectivity index is 1.28. The molecule has 9 nitrogen and oxygen atoms in total. The molecule has 1 fully saturated rings. The van der Waals surface area contributed by atoms with Gasteiger partial charge in [0.25, 0.3) is 0 Å². The second-order valence-electron chi connectivity index (χ2n) is 6.38. The van der Waals surface area contributed by atoms with E-state index in [4.69, 9.17) is 26.4 Å². The Morgan fingerprint density at radius 3 is 2.22 bits per heavy atom. The highest BCUT2D eigenvalue weighted by Gasteiger charge is 2.21. The Morgan fingerprint density at radius 1 is 0.889 bits per heavy atom. The molecule has 0 atom stereocenters. The minimum Gasteiger partial charge on any atom is -0.338 e. The number of hydrogen-bond donors (Lipinski definition) is 1. The van der Waals surface area contributed by atoms with Gasteiger partial charge in [-0.05, 0) is 24.3 Å². The van der Waals surface area contributed by atoms with Gasteiger partial charge in [0.2, 0.25) is 17.6 Å². The normalized spacial score (nSPS) is 16.1. The summed E-state index contributed by atoms with van der Waals surface area (Å²) in [5.74, 6) is 2.33. The lowest BCUT2D eigenvalue weighted by atomic mass is 10.2. The Labute approximate surface area is 161 Å². The van der Waals surface area contributed by atoms with Crippen molar-refractivity contribution < 1.29 is 9.05 Å². The Hall–Kier alpha value is -2.33. The van der Waals surface area contributed by atoms with Crippen molar-refractivity contribution in [1.82, 2.24) is 30.1 Å². The summed E-state index contributed by atoms with van der Waals surface area (Å²) in [7, 11) is 0. The van der Waals surface area contributed by atoms with Crippen LogP contribution in [-0.2, 0) is 19.6 Å². The van der Waals surface area contributed by atoms with Gasteiger partial charge >= 0.3 is 0 Å². The van der Waals surface area contributed by atoms with E-state index >= 15 is 0 Å². The van der Waals surface area contributed by atoms with Gasteiger partial charge in [-0.25, -0.2) is 0 Å². The lowest BCUT2D eigenvalue weighted by molar-refractivity contribution is 0.109. The van der Waals surface area contributed by atoms with Gasteiger partial charge in [-0.2, -0.15) is 9.97 Å². The molecule has 0 unspecified atom stereocenters. The maximum Gasteiger partial charge on any atom is 0.241 e. The fraction of sp³-hybridized carbons (Fsp3) is 0.412. The molecule has 1 saturated heterocycles. The third-order valence-electron chi connectivity index (χ3n) is 4.44. The molecule has 0 saturated carbocycles. The molecule has 2 N–H and O–H groups in total. The van der Waals surface area contributed by atoms with E-state index in [1.807, 2.05) is 24.3 Å². The predicted molar refractivity (Wildman–Crippen MR) is 97.5 cm³/mol. The lowest BCUT2D eigenvalue weighted by Gasteiger charge is -2.33. The molecule has 2 aromatic heterocycles. The van der Waals surface area contributed by atoms with Crippen molar-refractivity contribution in [3.05, 3.63) is 46.9 Å². The van der Waals surface area contributed by atoms with Crippen molar-refractivity contribution in [3.63, 3.8) is 0 Å². The maximum absolute atomic E-state index is 5.91. The van der Waals surface area contributed by atoms with E-state index in [1.165, 1.54) is 0 Å². The second-order valence-corrected chi connectivity index (χ2v) is 6.82. The maximum atomic E-state index is 5.91. The average molecular weight is 390 g/mol. The van der Waals surface area contributed by atoms with E-state index < -0.39 is 0 Å². The summed E-state index contributed by atoms with van der Waals surface area (Å²) in [5.41, 5.74) is 6.38. The first-order chi connectivity index (χ1) is 13.2. The molecule has 3 aromatic rings. The van der Waals surface area contributed by atoms with E-state index in [0.717, 1.165) is 31.7 Å². The number of hydrogen-bond acceptors (Lipinski definition) is 9. The first kappa shape index (κ1) is 18.1. The zero-order chi connectivity index (χ0) is 18.6. The Morgan fingerprint density at radius 2 is 1.56 bits per heavy atom. The molecule has 27 heavy (non-hydrogen) atoms. The minimum absolute atomic E-state index is 0.267. The van der Waals surface area contributed by atoms with Crippen molar-refractivity contribution in [2.75, 3.05) is 26.2 Å². The second kappa shape index (κ2) is 8.13. The summed E-state index contributed by atoms with van der Waals surface area (Å²) in [6.45, 7) is 5.19. The van der Waals surface area contributed by atoms with E-state index in [2.05, 4.69) is 30.1 Å². The van der Waals surface area contributed by atoms with Gasteiger partial charge in [0.05, 0.1) is 19.6 Å². The SMILES string of the molecule is NCc1nc(CN2CCN(Cc3nc(-c4ccc(Cl)cc4)no3)CC2)no1. The molecular formula is C17H20ClN7O2. The predicted octanol–water partition coefficient (Wildman–Crippen LogP) is 1.55. The molecule has 4 rings (SSSR count). The van der Waals surface area contributed by atoms with Gasteiger partial charge in [-0.1, -0.05) is 21.9 Å². The highest BCUT2D eigenvalue weighted by molar-refractivity contribution is 6.30. The third kappa shape index (κ3) is 4.51. The van der Waals surface area contributed by atoms with Gasteiger partial charge in [0.1, 0.15) is 0 Å². The smallest absolute Gasteiger partial charge is 0.241 e. The first-order valence-electron chi connectivity index (χ1n) is 8.74. The largest absolute Gasteiger partial charge is 0.338 e. The lowest BCUT2D eigenvalue weighted by Crippen LogP contribution is -2.45. The van der Waals surface area contributed by atoms with Crippen LogP contribution in [0, 0.1) is 0 Å². The summed E-state index contributed by atoms with van der Waals surface area (Å²) >= 11 is 5.91. The van der Waals surface area contributed by atoms with Crippen LogP contribution >= 0.6 is 11.6 Å². The molecule has 0 bridgehead atoms. The summed E-state index contributed by atoms with van der Waals surface area (Å²) in [5, 5.41) is 8.68. The molecule has 0 aliphatic carbocycles. The van der Waals surface area contributed by atoms with Crippen LogP contribution in [0.5, 0.6) is 0 Å². The minimum atomic E-state index is 0.267. The zero-order valence-electron chi connectivity index (χ0n) is 14.7. The van der Waals surface area contributed by atoms with Gasteiger partial charge in [0, 0.05) is 36.8 Å². The number of nitrogens with two attached hydrogens (primary N) is 1. The van der Waals surface area contributed by atoms with Crippen LogP contribution in [-0.4, -0.2) is 56.3 Å². The van der Waals surface area contributed by atoms with E-state index in [0.29, 0.717) is 41.5 Å². The van der Waals surface area contributed by atoms with E-state index in [9.17, 15) is 0 Å². The molecular weight excluding hydrogens is 370 g/mol. The van der Waals surface area contributed by atoms with E-state index in [-0.39, 0.29) is 6.54 Å². The van der Waals surface area contributed by atoms with Gasteiger partial charge in [-0.3, -0.25) is 9.80 Å². The van der Waals surface area contributed by atoms with Gasteiger partial charge < -0.3 is 14.8 Å². The molecule has 3 heterocycles. The average Bonchev–Trinajstić information content (AvgIpc) is 3.33. The van der Waals surface area contributed by atoms with Crippen LogP contribution in [0.15, 0.2) is 33.3 Å². The number of rotatable bonds is 6. The standard InChI is InChI=1S/C17H20ClN7O2/c18-13-3-1-12(2-4-13)17-21-16(27-23-17)11-25-7-5-24(6-8-25)10-14-20-15(9-19)26-22-14/h1-4H,5-11,19H2. The van der Waals surface area contributed by atoms with Crippen LogP contribution in [0.4, 0.5) is 0 Å². The van der Waals surface area contributed by atoms with Crippen molar-refractivity contribution >= 4 is 11.6 Å². The monoisotopic (exact) mass is 389 g/mol. The number of nitrogens with zero attached hydrogens (tertiary/aromatic N) is 6. The molecule has 142 valence electrons. The highest BCUT2D eigenvalue weighted by atomic mass is 35.5. The molecule has 0 radical (unpaired) electrons. The quantitative estimate of drug-likeness (QED) is 0.671. The number of aromatic nitrogens is 4. The molecule has 1 aliphatic rings. The summed E-state index contributed by atoms with van der Waals surface area (Å²) in [6.07, 6.45) is 0. The Bertz CT molecular complexity index is 872. The van der Waals surface area contributed by atoms with Gasteiger partial charge in [0.15, 0.2) is 5.82 Å². The summed E-state index contributed by atoms with van der Waals surface area (Å²) in [4.78, 5) is 13.3. The number of halogens is 1. The molecule has 0 amide bonds. The van der Waals surface area contributed by atoms with Crippen molar-refractivity contribution in [2.45, 2.75) is 19.6 Å². The van der Waals surface area contributed by atoms with Crippen molar-refractivity contribution in [2.24, 2.45) is 5.73 Å². The van der Waals surface area contributed by atoms with Crippen LogP contribution in [0.2, 0.25) is 5.02 Å². The van der Waals surface area contributed by atoms with Crippen molar-refractivity contribution in [3.8, 4) is 11.4 Å². The summed E-state index contributed by atoms with van der Waals surface area (Å²) in [6, 6.07) is 7.38. The fourth-order valence-electron chi connectivity index (χ4n) is 2.97. The third-order valence-corrected chi connectivity index (χ3v) is 4.70. The van der Waals surface area contributed by atoms with Crippen LogP contribution in [0.25, 0.3) is 11.4 Å². The molecule has 0 spiro atoms. The van der Waals surface area contributed by atoms with E-state index in [1.54, 1.807) is 0 Å². The number of benzene rings is 1. The van der Waals surface area contributed by atoms with Gasteiger partial charge in [-0.15, -0.1) is 0 Å². The Kier molecular flexibility index (Phi) is 5.44. The first-order valence-corrected chi connectivity index (χ1v) is 9.12. The van der Waals surface area contributed by atoms with Crippen molar-refractivity contribution in [1.29, 1.82) is 0 Å². The van der Waals surface area contributed by atoms with Crippen LogP contribution in [0.1, 0.15) is 17.6 Å². The van der Waals surface area contributed by atoms with Crippen LogP contribution < -0.4 is 5.73 Å². The summed E-state index contributed by atoms with van der Waals surface area (Å²) < 4.78 is 10.4. The van der Waals surface area contributed by atoms with Crippen LogP contribution in [0.3, 0.4) is 0 Å². The fourth-order valence-corrected chi connectivity index (χ4v) is 3.10. The topological polar surface area (TPSA) is 110 Å².